The molecule has 0 radical (unpaired) electrons. The summed E-state index contributed by atoms with van der Waals surface area (Å²) in [6.07, 6.45) is 5.90. The summed E-state index contributed by atoms with van der Waals surface area (Å²) in [5.74, 6) is -1.28. The van der Waals surface area contributed by atoms with Gasteiger partial charge in [-0.3, -0.25) is 0 Å². The number of halogens is 2. The Labute approximate surface area is 201 Å². The van der Waals surface area contributed by atoms with E-state index in [1.54, 1.807) is 17.8 Å². The van der Waals surface area contributed by atoms with E-state index in [4.69, 9.17) is 14.2 Å². The molecule has 2 aliphatic rings. The maximum absolute atomic E-state index is 13.3. The molecule has 2 aliphatic heterocycles. The molecule has 0 aromatic carbocycles. The Hall–Kier alpha value is -3.12. The topological polar surface area (TPSA) is 90.1 Å². The lowest BCUT2D eigenvalue weighted by Crippen LogP contribution is -2.41. The number of methoxy groups -OCH3 is 2. The van der Waals surface area contributed by atoms with Crippen LogP contribution in [-0.2, 0) is 4.74 Å². The van der Waals surface area contributed by atoms with Crippen LogP contribution in [-0.4, -0.2) is 95.0 Å². The molecular formula is C23H29F2N7O3. The summed E-state index contributed by atoms with van der Waals surface area (Å²) in [7, 11) is 3.06. The van der Waals surface area contributed by atoms with E-state index in [-0.39, 0.29) is 25.0 Å². The van der Waals surface area contributed by atoms with Crippen LogP contribution >= 0.6 is 0 Å². The number of likely N-dealkylation sites (tertiary alicyclic amines) is 1. The zero-order chi connectivity index (χ0) is 24.4. The van der Waals surface area contributed by atoms with E-state index >= 15 is 0 Å². The largest absolute Gasteiger partial charge is 0.480 e. The van der Waals surface area contributed by atoms with Gasteiger partial charge in [0, 0.05) is 63.5 Å². The number of fused-ring (bicyclic) bond motifs is 1. The van der Waals surface area contributed by atoms with E-state index in [0.29, 0.717) is 38.7 Å². The van der Waals surface area contributed by atoms with Crippen molar-refractivity contribution in [2.24, 2.45) is 0 Å². The smallest absolute Gasteiger partial charge is 0.319 e. The van der Waals surface area contributed by atoms with E-state index in [1.165, 1.54) is 13.4 Å². The molecule has 0 amide bonds. The zero-order valence-corrected chi connectivity index (χ0v) is 19.9. The number of alkyl halides is 2. The van der Waals surface area contributed by atoms with Crippen LogP contribution in [0, 0.1) is 0 Å². The fraction of sp³-hybridized carbons (Fsp3) is 0.565. The Balaban J connectivity index is 1.24. The first-order valence-corrected chi connectivity index (χ1v) is 11.7. The summed E-state index contributed by atoms with van der Waals surface area (Å²) >= 11 is 0. The molecule has 0 spiro atoms. The minimum absolute atomic E-state index is 0.0677. The van der Waals surface area contributed by atoms with Gasteiger partial charge >= 0.3 is 6.01 Å². The van der Waals surface area contributed by atoms with Crippen LogP contribution in [0.3, 0.4) is 0 Å². The molecule has 12 heteroatoms. The van der Waals surface area contributed by atoms with Gasteiger partial charge in [0.1, 0.15) is 11.8 Å². The Morgan fingerprint density at radius 3 is 2.71 bits per heavy atom. The molecule has 0 saturated carbocycles. The molecule has 3 aromatic rings. The van der Waals surface area contributed by atoms with Gasteiger partial charge in [-0.1, -0.05) is 0 Å². The molecule has 35 heavy (non-hydrogen) atoms. The Morgan fingerprint density at radius 1 is 1.11 bits per heavy atom. The molecule has 2 fully saturated rings. The van der Waals surface area contributed by atoms with E-state index in [9.17, 15) is 8.78 Å². The summed E-state index contributed by atoms with van der Waals surface area (Å²) in [5.41, 5.74) is 2.43. The highest BCUT2D eigenvalue weighted by molar-refractivity contribution is 5.79. The summed E-state index contributed by atoms with van der Waals surface area (Å²) in [4.78, 5) is 17.3. The van der Waals surface area contributed by atoms with Crippen molar-refractivity contribution in [1.29, 1.82) is 0 Å². The van der Waals surface area contributed by atoms with E-state index < -0.39 is 5.92 Å². The normalized spacial score (nSPS) is 20.5. The standard InChI is InChI=1S/C23H29F2N7O3/c1-33-21-18(12-26-22(29-21)34-2)16-11-19-20(27-15-28-32(19)13-16)31-6-3-17(14-31)35-10-9-30-7-4-23(24,25)5-8-30/h11-13,15,17H,3-10,14H2,1-2H3. The van der Waals surface area contributed by atoms with E-state index in [1.807, 2.05) is 12.3 Å². The number of aromatic nitrogens is 5. The van der Waals surface area contributed by atoms with Crippen LogP contribution in [0.5, 0.6) is 11.9 Å². The molecule has 0 aliphatic carbocycles. The van der Waals surface area contributed by atoms with E-state index in [2.05, 4.69) is 29.9 Å². The summed E-state index contributed by atoms with van der Waals surface area (Å²) in [5, 5.41) is 4.36. The number of anilines is 1. The van der Waals surface area contributed by atoms with Crippen molar-refractivity contribution >= 4 is 11.3 Å². The SMILES string of the molecule is COc1ncc(-c2cc3c(N4CCC(OCCN5CCC(F)(F)CC5)C4)ncnn3c2)c(OC)n1. The van der Waals surface area contributed by atoms with Gasteiger partial charge < -0.3 is 24.0 Å². The fourth-order valence-electron chi connectivity index (χ4n) is 4.62. The molecule has 2 saturated heterocycles. The molecule has 1 unspecified atom stereocenters. The van der Waals surface area contributed by atoms with Gasteiger partial charge in [0.05, 0.1) is 32.5 Å². The molecule has 5 rings (SSSR count). The number of hydrogen-bond donors (Lipinski definition) is 0. The molecule has 188 valence electrons. The van der Waals surface area contributed by atoms with Crippen LogP contribution in [0.4, 0.5) is 14.6 Å². The molecule has 10 nitrogen and oxygen atoms in total. The average molecular weight is 490 g/mol. The molecule has 3 aromatic heterocycles. The van der Waals surface area contributed by atoms with Gasteiger partial charge in [-0.05, 0) is 12.5 Å². The predicted octanol–water partition coefficient (Wildman–Crippen LogP) is 2.53. The average Bonchev–Trinajstić information content (AvgIpc) is 3.51. The summed E-state index contributed by atoms with van der Waals surface area (Å²) in [6, 6.07) is 2.22. The predicted molar refractivity (Wildman–Crippen MR) is 124 cm³/mol. The highest BCUT2D eigenvalue weighted by atomic mass is 19.3. The lowest BCUT2D eigenvalue weighted by molar-refractivity contribution is -0.0605. The van der Waals surface area contributed by atoms with Crippen molar-refractivity contribution in [2.45, 2.75) is 31.3 Å². The van der Waals surface area contributed by atoms with Gasteiger partial charge in [-0.15, -0.1) is 0 Å². The van der Waals surface area contributed by atoms with Crippen LogP contribution < -0.4 is 14.4 Å². The minimum atomic E-state index is -2.52. The lowest BCUT2D eigenvalue weighted by Gasteiger charge is -2.31. The quantitative estimate of drug-likeness (QED) is 0.473. The molecular weight excluding hydrogens is 460 g/mol. The third-order valence-corrected chi connectivity index (χ3v) is 6.60. The second-order valence-corrected chi connectivity index (χ2v) is 8.85. The number of nitrogens with zero attached hydrogens (tertiary/aromatic N) is 7. The first-order chi connectivity index (χ1) is 17.0. The van der Waals surface area contributed by atoms with E-state index in [0.717, 1.165) is 35.4 Å². The zero-order valence-electron chi connectivity index (χ0n) is 19.9. The van der Waals surface area contributed by atoms with Crippen molar-refractivity contribution in [1.82, 2.24) is 29.5 Å². The summed E-state index contributed by atoms with van der Waals surface area (Å²) < 4.78 is 45.1. The molecule has 1 atom stereocenters. The van der Waals surface area contributed by atoms with Gasteiger partial charge in [0.15, 0.2) is 5.82 Å². The maximum atomic E-state index is 13.3. The molecule has 0 bridgehead atoms. The van der Waals surface area contributed by atoms with Crippen LogP contribution in [0.25, 0.3) is 16.6 Å². The lowest BCUT2D eigenvalue weighted by atomic mass is 10.1. The van der Waals surface area contributed by atoms with Crippen molar-refractivity contribution in [2.75, 3.05) is 58.5 Å². The second kappa shape index (κ2) is 9.86. The number of hydrogen-bond acceptors (Lipinski definition) is 9. The highest BCUT2D eigenvalue weighted by Gasteiger charge is 2.34. The van der Waals surface area contributed by atoms with Crippen LogP contribution in [0.15, 0.2) is 24.8 Å². The maximum Gasteiger partial charge on any atom is 0.319 e. The van der Waals surface area contributed by atoms with Crippen LogP contribution in [0.2, 0.25) is 0 Å². The summed E-state index contributed by atoms with van der Waals surface area (Å²) in [6.45, 7) is 3.58. The molecule has 5 heterocycles. The Morgan fingerprint density at radius 2 is 1.94 bits per heavy atom. The third-order valence-electron chi connectivity index (χ3n) is 6.60. The van der Waals surface area contributed by atoms with Gasteiger partial charge in [0.25, 0.3) is 5.92 Å². The fourth-order valence-corrected chi connectivity index (χ4v) is 4.62. The van der Waals surface area contributed by atoms with Crippen LogP contribution in [0.1, 0.15) is 19.3 Å². The molecule has 0 N–H and O–H groups in total. The van der Waals surface area contributed by atoms with Crippen molar-refractivity contribution in [3.8, 4) is 23.0 Å². The Kier molecular flexibility index (Phi) is 6.65. The second-order valence-electron chi connectivity index (χ2n) is 8.85. The van der Waals surface area contributed by atoms with Crippen molar-refractivity contribution in [3.63, 3.8) is 0 Å². The first-order valence-electron chi connectivity index (χ1n) is 11.7. The number of ether oxygens (including phenoxy) is 3. The highest BCUT2D eigenvalue weighted by Crippen LogP contribution is 2.33. The monoisotopic (exact) mass is 489 g/mol. The minimum Gasteiger partial charge on any atom is -0.480 e. The van der Waals surface area contributed by atoms with Crippen molar-refractivity contribution < 1.29 is 23.0 Å². The third kappa shape index (κ3) is 5.13. The van der Waals surface area contributed by atoms with Gasteiger partial charge in [0.2, 0.25) is 5.88 Å². The first kappa shape index (κ1) is 23.6. The van der Waals surface area contributed by atoms with Crippen molar-refractivity contribution in [3.05, 3.63) is 24.8 Å². The van der Waals surface area contributed by atoms with Gasteiger partial charge in [-0.2, -0.15) is 10.1 Å². The Bertz CT molecular complexity index is 1170. The number of rotatable bonds is 8. The van der Waals surface area contributed by atoms with Gasteiger partial charge in [-0.25, -0.2) is 23.3 Å². The number of piperidine rings is 1.